The first-order chi connectivity index (χ1) is 33.6. The number of fused-ring (bicyclic) bond motifs is 9. The van der Waals surface area contributed by atoms with Crippen molar-refractivity contribution in [2.24, 2.45) is 0 Å². The van der Waals surface area contributed by atoms with Gasteiger partial charge in [-0.25, -0.2) is 0 Å². The third-order valence-electron chi connectivity index (χ3n) is 10.4. The van der Waals surface area contributed by atoms with E-state index < -0.39 is 0 Å². The van der Waals surface area contributed by atoms with E-state index in [-0.39, 0.29) is 5.41 Å². The monoisotopic (exact) mass is 907 g/mol. The zero-order valence-corrected chi connectivity index (χ0v) is 45.8. The summed E-state index contributed by atoms with van der Waals surface area (Å²) in [5, 5.41) is 10.5. The Balaban J connectivity index is 0.000000807. The molecule has 9 aromatic carbocycles. The summed E-state index contributed by atoms with van der Waals surface area (Å²) >= 11 is 0. The van der Waals surface area contributed by atoms with Gasteiger partial charge in [-0.1, -0.05) is 319 Å². The van der Waals surface area contributed by atoms with Crippen LogP contribution in [0.2, 0.25) is 0 Å². The van der Waals surface area contributed by atoms with Gasteiger partial charge in [-0.3, -0.25) is 0 Å². The van der Waals surface area contributed by atoms with Crippen LogP contribution in [0.3, 0.4) is 0 Å². The van der Waals surface area contributed by atoms with Gasteiger partial charge in [0.1, 0.15) is 0 Å². The maximum Gasteiger partial charge on any atom is 0.0158 e. The van der Waals surface area contributed by atoms with Gasteiger partial charge in [-0.15, -0.1) is 0 Å². The number of hydrogen-bond donors (Lipinski definition) is 0. The lowest BCUT2D eigenvalue weighted by Gasteiger charge is -2.20. The minimum Gasteiger partial charge on any atom is -0.0795 e. The first-order valence-electron chi connectivity index (χ1n) is 26.2. The average molecular weight is 907 g/mol. The van der Waals surface area contributed by atoms with Gasteiger partial charge in [0, 0.05) is 5.41 Å². The maximum absolute atomic E-state index is 2.30. The third kappa shape index (κ3) is 17.1. The Bertz CT molecular complexity index is 2470. The van der Waals surface area contributed by atoms with Gasteiger partial charge in [-0.05, 0) is 95.0 Å². The molecule has 0 saturated heterocycles. The van der Waals surface area contributed by atoms with E-state index in [1.807, 2.05) is 111 Å². The van der Waals surface area contributed by atoms with Crippen LogP contribution in [-0.4, -0.2) is 0 Å². The molecule has 0 aromatic heterocycles. The van der Waals surface area contributed by atoms with Crippen molar-refractivity contribution in [2.75, 3.05) is 0 Å². The van der Waals surface area contributed by atoms with Crippen LogP contribution in [-0.2, 0) is 11.8 Å². The minimum absolute atomic E-state index is 0.160. The van der Waals surface area contributed by atoms with Crippen LogP contribution in [0.15, 0.2) is 200 Å². The second-order valence-electron chi connectivity index (χ2n) is 14.1. The van der Waals surface area contributed by atoms with Crippen LogP contribution in [0.1, 0.15) is 147 Å². The lowest BCUT2D eigenvalue weighted by Crippen LogP contribution is -2.14. The average Bonchev–Trinajstić information content (AvgIpc) is 4.03. The molecule has 11 rings (SSSR count). The molecule has 2 aliphatic carbocycles. The second-order valence-corrected chi connectivity index (χ2v) is 14.1. The van der Waals surface area contributed by atoms with Crippen molar-refractivity contribution < 1.29 is 0 Å². The number of benzene rings is 9. The quantitative estimate of drug-likeness (QED) is 0.105. The van der Waals surface area contributed by atoms with E-state index in [0.717, 1.165) is 6.42 Å². The van der Waals surface area contributed by atoms with Crippen molar-refractivity contribution in [3.05, 3.63) is 222 Å². The highest BCUT2D eigenvalue weighted by atomic mass is 14.4. The Morgan fingerprint density at radius 3 is 0.956 bits per heavy atom. The molecule has 0 nitrogen and oxygen atoms in total. The lowest BCUT2D eigenvalue weighted by atomic mass is 9.82. The fourth-order valence-electron chi connectivity index (χ4n) is 7.70. The molecule has 362 valence electrons. The molecule has 0 unspecified atom stereocenters. The number of allylic oxidation sites excluding steroid dienone is 1. The molecule has 0 heteroatoms. The van der Waals surface area contributed by atoms with Crippen molar-refractivity contribution in [2.45, 2.75) is 136 Å². The number of hydrogen-bond acceptors (Lipinski definition) is 0. The standard InChI is InChI=1S/C15H14.2C14H10.C9H8.8C2H6/c1-15(2)13-9-5-3-7-11(13)12-8-4-6-10-14(12)15;1-3-7-13-11(5-1)9-10-12-6-2-4-8-14(12)13;1-2-6-12-10-14-8-4-3-7-13(14)9-11(12)5-1;1-2-5-9-7-3-6-8(9)4-1;8*1-2/h3-10H,1-2H3;2*1-10H;1-6H,7H2;8*1-2H3. The summed E-state index contributed by atoms with van der Waals surface area (Å²) in [5.41, 5.74) is 8.70. The predicted octanol–water partition coefficient (Wildman–Crippen LogP) is 22.4. The van der Waals surface area contributed by atoms with Gasteiger partial charge in [0.15, 0.2) is 0 Å². The molecule has 0 saturated carbocycles. The zero-order chi connectivity index (χ0) is 51.3. The number of rotatable bonds is 0. The van der Waals surface area contributed by atoms with E-state index in [1.54, 1.807) is 0 Å². The fourth-order valence-corrected chi connectivity index (χ4v) is 7.70. The van der Waals surface area contributed by atoms with Crippen molar-refractivity contribution in [1.82, 2.24) is 0 Å². The molecule has 0 atom stereocenters. The molecule has 0 N–H and O–H groups in total. The van der Waals surface area contributed by atoms with E-state index in [2.05, 4.69) is 220 Å². The molecule has 0 spiro atoms. The molecule has 0 amide bonds. The zero-order valence-electron chi connectivity index (χ0n) is 45.8. The van der Waals surface area contributed by atoms with Gasteiger partial charge >= 0.3 is 0 Å². The van der Waals surface area contributed by atoms with Crippen LogP contribution in [0.4, 0.5) is 0 Å². The van der Waals surface area contributed by atoms with Crippen LogP contribution >= 0.6 is 0 Å². The van der Waals surface area contributed by atoms with Crippen LogP contribution < -0.4 is 0 Å². The maximum atomic E-state index is 2.30. The van der Waals surface area contributed by atoms with Crippen LogP contribution in [0, 0.1) is 0 Å². The summed E-state index contributed by atoms with van der Waals surface area (Å²) in [6.45, 7) is 36.6. The molecule has 0 bridgehead atoms. The molecule has 0 radical (unpaired) electrons. The van der Waals surface area contributed by atoms with Gasteiger partial charge in [0.05, 0.1) is 0 Å². The highest BCUT2D eigenvalue weighted by Gasteiger charge is 2.34. The van der Waals surface area contributed by atoms with E-state index in [1.165, 1.54) is 76.5 Å². The molecule has 68 heavy (non-hydrogen) atoms. The second kappa shape index (κ2) is 36.8. The summed E-state index contributed by atoms with van der Waals surface area (Å²) in [6.07, 6.45) is 5.50. The first-order valence-corrected chi connectivity index (χ1v) is 26.2. The van der Waals surface area contributed by atoms with Gasteiger partial charge < -0.3 is 0 Å². The Labute approximate surface area is 417 Å². The van der Waals surface area contributed by atoms with Crippen molar-refractivity contribution in [3.8, 4) is 11.1 Å². The predicted molar refractivity (Wildman–Crippen MR) is 317 cm³/mol. The summed E-state index contributed by atoms with van der Waals surface area (Å²) in [7, 11) is 0. The van der Waals surface area contributed by atoms with Gasteiger partial charge in [0.25, 0.3) is 0 Å². The largest absolute Gasteiger partial charge is 0.0795 e. The molecular weight excluding hydrogens is 817 g/mol. The minimum atomic E-state index is 0.160. The van der Waals surface area contributed by atoms with Crippen molar-refractivity contribution in [3.63, 3.8) is 0 Å². The van der Waals surface area contributed by atoms with Gasteiger partial charge in [0.2, 0.25) is 0 Å². The Morgan fingerprint density at radius 2 is 0.588 bits per heavy atom. The molecule has 9 aromatic rings. The van der Waals surface area contributed by atoms with Crippen molar-refractivity contribution >= 4 is 49.2 Å². The topological polar surface area (TPSA) is 0 Å². The Hall–Kier alpha value is -6.24. The Morgan fingerprint density at radius 1 is 0.294 bits per heavy atom. The fraction of sp³-hybridized carbons (Fsp3) is 0.294. The molecule has 0 fully saturated rings. The highest BCUT2D eigenvalue weighted by molar-refractivity contribution is 6.07. The van der Waals surface area contributed by atoms with E-state index in [9.17, 15) is 0 Å². The summed E-state index contributed by atoms with van der Waals surface area (Å²) in [5.74, 6) is 0. The van der Waals surface area contributed by atoms with Crippen LogP contribution in [0.5, 0.6) is 0 Å². The lowest BCUT2D eigenvalue weighted by molar-refractivity contribution is 0.660. The smallest absolute Gasteiger partial charge is 0.0158 e. The van der Waals surface area contributed by atoms with E-state index >= 15 is 0 Å². The summed E-state index contributed by atoms with van der Waals surface area (Å²) in [6, 6.07) is 68.7. The highest BCUT2D eigenvalue weighted by Crippen LogP contribution is 2.48. The molecule has 2 aliphatic rings. The van der Waals surface area contributed by atoms with E-state index in [0.29, 0.717) is 0 Å². The van der Waals surface area contributed by atoms with Crippen molar-refractivity contribution in [1.29, 1.82) is 0 Å². The Kier molecular flexibility index (Phi) is 33.4. The molecular formula is C68H90. The summed E-state index contributed by atoms with van der Waals surface area (Å²) in [4.78, 5) is 0. The SMILES string of the molecule is C1=Cc2ccccc2C1.CC.CC.CC.CC.CC.CC.CC.CC.CC1(C)c2ccccc2-c2ccccc21.c1ccc2c(c1)ccc1ccccc12.c1ccc2cc3ccccc3cc2c1. The van der Waals surface area contributed by atoms with Gasteiger partial charge in [-0.2, -0.15) is 0 Å². The summed E-state index contributed by atoms with van der Waals surface area (Å²) < 4.78 is 0. The molecule has 0 heterocycles. The van der Waals surface area contributed by atoms with E-state index in [4.69, 9.17) is 0 Å². The first kappa shape index (κ1) is 61.8. The van der Waals surface area contributed by atoms with Crippen LogP contribution in [0.25, 0.3) is 60.3 Å². The molecule has 0 aliphatic heterocycles. The normalized spacial score (nSPS) is 10.5. The third-order valence-corrected chi connectivity index (χ3v) is 10.4.